The largest absolute Gasteiger partial charge is 0.472 e. The van der Waals surface area contributed by atoms with Crippen LogP contribution >= 0.6 is 15.6 Å². The molecular formula is C71H138O17P2. The molecule has 19 heteroatoms. The fraction of sp³-hybridized carbons (Fsp3) is 0.944. The van der Waals surface area contributed by atoms with Gasteiger partial charge >= 0.3 is 39.5 Å². The highest BCUT2D eigenvalue weighted by atomic mass is 31.2. The van der Waals surface area contributed by atoms with Crippen molar-refractivity contribution in [3.8, 4) is 0 Å². The van der Waals surface area contributed by atoms with E-state index in [0.29, 0.717) is 31.6 Å². The Hall–Kier alpha value is -1.94. The second-order valence-electron chi connectivity index (χ2n) is 27.1. The van der Waals surface area contributed by atoms with E-state index in [9.17, 15) is 43.2 Å². The third kappa shape index (κ3) is 62.2. The summed E-state index contributed by atoms with van der Waals surface area (Å²) in [5.74, 6) is 0.890. The van der Waals surface area contributed by atoms with E-state index in [1.165, 1.54) is 148 Å². The summed E-state index contributed by atoms with van der Waals surface area (Å²) in [5, 5.41) is 10.6. The average Bonchev–Trinajstić information content (AvgIpc) is 2.83. The molecule has 534 valence electrons. The zero-order valence-electron chi connectivity index (χ0n) is 58.8. The molecule has 5 unspecified atom stereocenters. The van der Waals surface area contributed by atoms with Gasteiger partial charge in [0, 0.05) is 25.7 Å². The van der Waals surface area contributed by atoms with Crippen LogP contribution in [0.3, 0.4) is 0 Å². The molecule has 0 heterocycles. The fourth-order valence-corrected chi connectivity index (χ4v) is 12.2. The molecule has 0 aliphatic heterocycles. The maximum absolute atomic E-state index is 13.0. The van der Waals surface area contributed by atoms with Crippen LogP contribution in [0.5, 0.6) is 0 Å². The number of aliphatic hydroxyl groups is 1. The van der Waals surface area contributed by atoms with Crippen LogP contribution in [0, 0.1) is 23.7 Å². The minimum absolute atomic E-state index is 0.102. The summed E-state index contributed by atoms with van der Waals surface area (Å²) in [5.41, 5.74) is 0. The molecule has 0 aromatic heterocycles. The fourth-order valence-electron chi connectivity index (χ4n) is 10.6. The van der Waals surface area contributed by atoms with Gasteiger partial charge in [0.15, 0.2) is 12.2 Å². The van der Waals surface area contributed by atoms with Crippen LogP contribution < -0.4 is 0 Å². The van der Waals surface area contributed by atoms with Gasteiger partial charge in [-0.05, 0) is 49.4 Å². The molecule has 0 rings (SSSR count). The Labute approximate surface area is 549 Å². The van der Waals surface area contributed by atoms with Gasteiger partial charge in [0.05, 0.1) is 26.4 Å². The highest BCUT2D eigenvalue weighted by molar-refractivity contribution is 7.47. The number of phosphoric ester groups is 2. The molecule has 0 amide bonds. The van der Waals surface area contributed by atoms with Crippen LogP contribution in [0.2, 0.25) is 0 Å². The first-order valence-corrected chi connectivity index (χ1v) is 39.8. The zero-order valence-corrected chi connectivity index (χ0v) is 60.6. The molecule has 0 aromatic carbocycles. The first-order valence-electron chi connectivity index (χ1n) is 36.8. The van der Waals surface area contributed by atoms with Gasteiger partial charge in [0.1, 0.15) is 19.3 Å². The number of hydrogen-bond acceptors (Lipinski definition) is 15. The minimum atomic E-state index is -4.95. The molecule has 0 aliphatic carbocycles. The van der Waals surface area contributed by atoms with Crippen molar-refractivity contribution in [1.82, 2.24) is 0 Å². The van der Waals surface area contributed by atoms with Gasteiger partial charge in [-0.1, -0.05) is 299 Å². The lowest BCUT2D eigenvalue weighted by atomic mass is 9.99. The predicted molar refractivity (Wildman–Crippen MR) is 363 cm³/mol. The standard InChI is InChI=1S/C71H138O17P2/c1-9-63(7)49-41-33-25-19-16-17-20-26-35-43-51-68(73)81-58-67(88-71(76)54-46-38-30-29-34-42-50-64(8)10-2)60-86-90(79,80)84-56-65(72)55-83-89(77,78)85-59-66(57-82-69(74)52-44-36-28-22-24-32-40-48-62(5)6)87-70(75)53-45-37-27-21-15-13-11-12-14-18-23-31-39-47-61(3)4/h61-67,72H,9-60H2,1-8H3,(H,77,78)(H,79,80)/t63?,64?,65?,66-,67-/m1/s1. The van der Waals surface area contributed by atoms with Gasteiger partial charge in [-0.2, -0.15) is 0 Å². The van der Waals surface area contributed by atoms with Crippen molar-refractivity contribution in [2.75, 3.05) is 39.6 Å². The van der Waals surface area contributed by atoms with E-state index in [1.54, 1.807) is 0 Å². The monoisotopic (exact) mass is 1320 g/mol. The molecule has 17 nitrogen and oxygen atoms in total. The Balaban J connectivity index is 5.23. The van der Waals surface area contributed by atoms with Crippen LogP contribution in [-0.4, -0.2) is 96.7 Å². The number of hydrogen-bond donors (Lipinski definition) is 3. The lowest BCUT2D eigenvalue weighted by Crippen LogP contribution is -2.30. The van der Waals surface area contributed by atoms with Crippen molar-refractivity contribution in [1.29, 1.82) is 0 Å². The summed E-state index contributed by atoms with van der Waals surface area (Å²) < 4.78 is 68.3. The van der Waals surface area contributed by atoms with Crippen LogP contribution in [-0.2, 0) is 65.4 Å². The molecule has 0 bridgehead atoms. The van der Waals surface area contributed by atoms with Crippen molar-refractivity contribution in [2.24, 2.45) is 23.7 Å². The normalized spacial score (nSPS) is 14.9. The summed E-state index contributed by atoms with van der Waals surface area (Å²) in [6.07, 6.45) is 43.1. The molecule has 0 aromatic rings. The number of phosphoric acid groups is 2. The number of esters is 4. The first kappa shape index (κ1) is 88.1. The Morgan fingerprint density at radius 3 is 0.789 bits per heavy atom. The second-order valence-corrected chi connectivity index (χ2v) is 30.0. The Bertz CT molecular complexity index is 1790. The maximum atomic E-state index is 13.0. The van der Waals surface area contributed by atoms with E-state index in [-0.39, 0.29) is 25.7 Å². The van der Waals surface area contributed by atoms with Crippen molar-refractivity contribution in [3.05, 3.63) is 0 Å². The lowest BCUT2D eigenvalue weighted by Gasteiger charge is -2.21. The van der Waals surface area contributed by atoms with E-state index in [2.05, 4.69) is 55.4 Å². The number of carbonyl (C=O) groups is 4. The molecule has 0 fully saturated rings. The molecule has 0 radical (unpaired) electrons. The van der Waals surface area contributed by atoms with Crippen molar-refractivity contribution < 1.29 is 80.2 Å². The second kappa shape index (κ2) is 60.7. The highest BCUT2D eigenvalue weighted by Crippen LogP contribution is 2.45. The van der Waals surface area contributed by atoms with Crippen molar-refractivity contribution in [3.63, 3.8) is 0 Å². The zero-order chi connectivity index (χ0) is 66.8. The van der Waals surface area contributed by atoms with Gasteiger partial charge in [0.2, 0.25) is 0 Å². The highest BCUT2D eigenvalue weighted by Gasteiger charge is 2.30. The quantitative estimate of drug-likeness (QED) is 0.0222. The van der Waals surface area contributed by atoms with Crippen LogP contribution in [0.25, 0.3) is 0 Å². The minimum Gasteiger partial charge on any atom is -0.462 e. The number of rotatable bonds is 68. The van der Waals surface area contributed by atoms with E-state index in [0.717, 1.165) is 114 Å². The van der Waals surface area contributed by atoms with E-state index < -0.39 is 97.5 Å². The Morgan fingerprint density at radius 2 is 0.533 bits per heavy atom. The summed E-state index contributed by atoms with van der Waals surface area (Å²) in [7, 11) is -9.90. The van der Waals surface area contributed by atoms with Gasteiger partial charge < -0.3 is 33.8 Å². The third-order valence-electron chi connectivity index (χ3n) is 17.0. The maximum Gasteiger partial charge on any atom is 0.472 e. The van der Waals surface area contributed by atoms with E-state index >= 15 is 0 Å². The van der Waals surface area contributed by atoms with Crippen LogP contribution in [0.1, 0.15) is 351 Å². The number of unbranched alkanes of at least 4 members (excludes halogenated alkanes) is 32. The lowest BCUT2D eigenvalue weighted by molar-refractivity contribution is -0.161. The summed E-state index contributed by atoms with van der Waals surface area (Å²) in [6.45, 7) is 14.1. The van der Waals surface area contributed by atoms with Crippen LogP contribution in [0.15, 0.2) is 0 Å². The van der Waals surface area contributed by atoms with Gasteiger partial charge in [-0.25, -0.2) is 9.13 Å². The summed E-state index contributed by atoms with van der Waals surface area (Å²) >= 11 is 0. The van der Waals surface area contributed by atoms with E-state index in [4.69, 9.17) is 37.0 Å². The number of aliphatic hydroxyl groups excluding tert-OH is 1. The Morgan fingerprint density at radius 1 is 0.311 bits per heavy atom. The average molecular weight is 1330 g/mol. The van der Waals surface area contributed by atoms with E-state index in [1.807, 2.05) is 0 Å². The summed E-state index contributed by atoms with van der Waals surface area (Å²) in [6, 6.07) is 0. The molecule has 0 saturated carbocycles. The molecular weight excluding hydrogens is 1190 g/mol. The first-order chi connectivity index (χ1) is 43.2. The number of ether oxygens (including phenoxy) is 4. The molecule has 0 aliphatic rings. The van der Waals surface area contributed by atoms with Crippen molar-refractivity contribution >= 4 is 39.5 Å². The van der Waals surface area contributed by atoms with Crippen molar-refractivity contribution in [2.45, 2.75) is 369 Å². The molecule has 0 saturated heterocycles. The van der Waals surface area contributed by atoms with Gasteiger partial charge in [-0.3, -0.25) is 37.3 Å². The smallest absolute Gasteiger partial charge is 0.462 e. The third-order valence-corrected chi connectivity index (χ3v) is 18.9. The predicted octanol–water partition coefficient (Wildman–Crippen LogP) is 20.1. The molecule has 0 spiro atoms. The van der Waals surface area contributed by atoms with Crippen LogP contribution in [0.4, 0.5) is 0 Å². The molecule has 7 atom stereocenters. The summed E-state index contributed by atoms with van der Waals surface area (Å²) in [4.78, 5) is 72.6. The molecule has 3 N–H and O–H groups in total. The number of carbonyl (C=O) groups excluding carboxylic acids is 4. The molecule has 90 heavy (non-hydrogen) atoms. The Kier molecular flexibility index (Phi) is 59.4. The topological polar surface area (TPSA) is 237 Å². The SMILES string of the molecule is CCC(C)CCCCCCCCCCCCC(=O)OC[C@H](COP(=O)(O)OCC(O)COP(=O)(O)OC[C@@H](COC(=O)CCCCCCCCCC(C)C)OC(=O)CCCCCCCCCCCCCCCC(C)C)OC(=O)CCCCCCCCC(C)CC. The van der Waals surface area contributed by atoms with Gasteiger partial charge in [0.25, 0.3) is 0 Å². The van der Waals surface area contributed by atoms with Gasteiger partial charge in [-0.15, -0.1) is 0 Å².